The zero-order valence-electron chi connectivity index (χ0n) is 30.9. The van der Waals surface area contributed by atoms with E-state index in [0.29, 0.717) is 82.9 Å². The molecule has 6 aromatic rings. The summed E-state index contributed by atoms with van der Waals surface area (Å²) in [5.74, 6) is 0.428. The first-order valence-corrected chi connectivity index (χ1v) is 18.7. The van der Waals surface area contributed by atoms with Gasteiger partial charge in [-0.1, -0.05) is 60.7 Å². The van der Waals surface area contributed by atoms with Crippen molar-refractivity contribution in [1.82, 2.24) is 60.3 Å². The van der Waals surface area contributed by atoms with Gasteiger partial charge in [0.2, 0.25) is 0 Å². The van der Waals surface area contributed by atoms with Crippen LogP contribution in [0.5, 0.6) is 0 Å². The minimum absolute atomic E-state index is 0.352. The molecule has 4 aromatic heterocycles. The van der Waals surface area contributed by atoms with Crippen LogP contribution in [0.25, 0.3) is 34.2 Å². The number of hydrogen-bond donors (Lipinski definition) is 6. The Labute approximate surface area is 330 Å². The summed E-state index contributed by atoms with van der Waals surface area (Å²) in [4.78, 5) is 87.8. The van der Waals surface area contributed by atoms with Crippen molar-refractivity contribution in [2.75, 3.05) is 13.1 Å². The van der Waals surface area contributed by atoms with Gasteiger partial charge < -0.3 is 40.6 Å². The average molecular weight is 783 g/mol. The van der Waals surface area contributed by atoms with Crippen molar-refractivity contribution >= 4 is 24.0 Å². The van der Waals surface area contributed by atoms with Gasteiger partial charge in [-0.25, -0.2) is 19.6 Å². The molecule has 18 heteroatoms. The largest absolute Gasteiger partial charge is 0.465 e. The molecule has 2 saturated heterocycles. The maximum absolute atomic E-state index is 13.7. The standard InChI is InChI=1S/C40H38N12O6/c53-37(33(49-39(55)56)23-9-3-1-4-10-23)51-15-7-13-31(51)35-45-21-29(47-35)27-19-41-25(17-43-27)26-18-44-28(20-42-26)30-22-46-36(48-30)32-14-8-16-52(32)38(54)34(50-40(57)58)24-11-5-2-6-12-24/h1-6,9-12,17-22,31-34,49-50H,7-8,13-16H2,(H,45,47)(H,46,48)(H,55,56)(H,57,58)/t31-,32?,33+,34?/m0/s1. The van der Waals surface area contributed by atoms with Crippen LogP contribution >= 0.6 is 0 Å². The Kier molecular flexibility index (Phi) is 10.5. The van der Waals surface area contributed by atoms with E-state index in [2.05, 4.69) is 50.5 Å². The van der Waals surface area contributed by atoms with Gasteiger partial charge in [-0.05, 0) is 36.8 Å². The van der Waals surface area contributed by atoms with Gasteiger partial charge in [0, 0.05) is 13.1 Å². The number of aromatic amines is 2. The molecule has 294 valence electrons. The molecule has 2 aromatic carbocycles. The number of hydrogen-bond acceptors (Lipinski definition) is 10. The molecule has 4 atom stereocenters. The lowest BCUT2D eigenvalue weighted by Crippen LogP contribution is -2.42. The Hall–Kier alpha value is -7.50. The molecular formula is C40H38N12O6. The summed E-state index contributed by atoms with van der Waals surface area (Å²) in [5.41, 5.74) is 4.33. The number of H-pyrrole nitrogens is 2. The van der Waals surface area contributed by atoms with Crippen molar-refractivity contribution in [3.8, 4) is 34.2 Å². The molecule has 2 unspecified atom stereocenters. The predicted molar refractivity (Wildman–Crippen MR) is 206 cm³/mol. The van der Waals surface area contributed by atoms with Crippen LogP contribution in [-0.4, -0.2) is 97.0 Å². The lowest BCUT2D eigenvalue weighted by Gasteiger charge is -2.28. The molecule has 0 saturated carbocycles. The summed E-state index contributed by atoms with van der Waals surface area (Å²) in [6, 6.07) is 14.7. The molecule has 0 bridgehead atoms. The van der Waals surface area contributed by atoms with E-state index in [1.165, 1.54) is 0 Å². The zero-order valence-corrected chi connectivity index (χ0v) is 30.9. The number of carboxylic acid groups (broad SMARTS) is 2. The van der Waals surface area contributed by atoms with E-state index >= 15 is 0 Å². The Morgan fingerprint density at radius 1 is 0.552 bits per heavy atom. The molecule has 6 N–H and O–H groups in total. The van der Waals surface area contributed by atoms with E-state index in [1.54, 1.807) is 108 Å². The normalized spacial score (nSPS) is 17.4. The third kappa shape index (κ3) is 7.79. The summed E-state index contributed by atoms with van der Waals surface area (Å²) < 4.78 is 0. The van der Waals surface area contributed by atoms with E-state index in [9.17, 15) is 29.4 Å². The fourth-order valence-corrected chi connectivity index (χ4v) is 7.55. The maximum Gasteiger partial charge on any atom is 0.405 e. The van der Waals surface area contributed by atoms with Crippen LogP contribution in [0.1, 0.15) is 72.6 Å². The van der Waals surface area contributed by atoms with Crippen LogP contribution in [0.4, 0.5) is 9.59 Å². The minimum Gasteiger partial charge on any atom is -0.465 e. The molecule has 0 aliphatic carbocycles. The van der Waals surface area contributed by atoms with Crippen LogP contribution in [0, 0.1) is 0 Å². The lowest BCUT2D eigenvalue weighted by molar-refractivity contribution is -0.135. The average Bonchev–Trinajstić information content (AvgIpc) is 4.09. The van der Waals surface area contributed by atoms with Crippen LogP contribution in [0.3, 0.4) is 0 Å². The second kappa shape index (κ2) is 16.3. The van der Waals surface area contributed by atoms with Gasteiger partial charge in [0.1, 0.15) is 46.5 Å². The monoisotopic (exact) mass is 782 g/mol. The van der Waals surface area contributed by atoms with Gasteiger partial charge in [0.25, 0.3) is 11.8 Å². The Morgan fingerprint density at radius 2 is 0.931 bits per heavy atom. The molecule has 58 heavy (non-hydrogen) atoms. The highest BCUT2D eigenvalue weighted by Crippen LogP contribution is 2.35. The molecule has 8 rings (SSSR count). The lowest BCUT2D eigenvalue weighted by atomic mass is 10.1. The first-order chi connectivity index (χ1) is 28.2. The number of rotatable bonds is 11. The van der Waals surface area contributed by atoms with E-state index < -0.39 is 24.3 Å². The first kappa shape index (κ1) is 37.4. The van der Waals surface area contributed by atoms with Crippen molar-refractivity contribution in [1.29, 1.82) is 0 Å². The Bertz CT molecular complexity index is 2240. The highest BCUT2D eigenvalue weighted by Gasteiger charge is 2.38. The van der Waals surface area contributed by atoms with Crippen molar-refractivity contribution in [3.63, 3.8) is 0 Å². The highest BCUT2D eigenvalue weighted by molar-refractivity contribution is 5.88. The van der Waals surface area contributed by atoms with Gasteiger partial charge in [-0.3, -0.25) is 29.5 Å². The first-order valence-electron chi connectivity index (χ1n) is 18.7. The quantitative estimate of drug-likeness (QED) is 0.101. The number of nitrogens with zero attached hydrogens (tertiary/aromatic N) is 8. The van der Waals surface area contributed by atoms with E-state index in [-0.39, 0.29) is 23.9 Å². The van der Waals surface area contributed by atoms with Gasteiger partial charge in [-0.2, -0.15) is 0 Å². The molecule has 2 aliphatic rings. The molecule has 0 spiro atoms. The van der Waals surface area contributed by atoms with Gasteiger partial charge in [0.05, 0.1) is 60.7 Å². The molecule has 0 radical (unpaired) electrons. The SMILES string of the molecule is O=C(O)NC(C(=O)N1CCCC1c1ncc(-c2cnc(-c3cnc(-c4cnc([C@@H]5CCCN5C(=O)[C@H](NC(=O)O)c5ccccc5)[nH]4)cn3)cn2)[nH]1)c1ccccc1. The van der Waals surface area contributed by atoms with Gasteiger partial charge in [-0.15, -0.1) is 0 Å². The summed E-state index contributed by atoms with van der Waals surface area (Å²) in [5, 5.41) is 23.7. The molecule has 6 heterocycles. The maximum atomic E-state index is 13.7. The molecule has 2 fully saturated rings. The van der Waals surface area contributed by atoms with Crippen LogP contribution < -0.4 is 10.6 Å². The number of nitrogens with one attached hydrogen (secondary N) is 4. The summed E-state index contributed by atoms with van der Waals surface area (Å²) >= 11 is 0. The molecule has 18 nitrogen and oxygen atoms in total. The topological polar surface area (TPSA) is 248 Å². The molecule has 2 aliphatic heterocycles. The number of amides is 4. The van der Waals surface area contributed by atoms with Crippen LogP contribution in [0.2, 0.25) is 0 Å². The minimum atomic E-state index is -1.29. The van der Waals surface area contributed by atoms with E-state index in [1.807, 2.05) is 0 Å². The van der Waals surface area contributed by atoms with Crippen molar-refractivity contribution in [2.24, 2.45) is 0 Å². The van der Waals surface area contributed by atoms with Crippen LogP contribution in [-0.2, 0) is 9.59 Å². The summed E-state index contributed by atoms with van der Waals surface area (Å²) in [6.45, 7) is 0.924. The number of carbonyl (C=O) groups is 4. The third-order valence-corrected chi connectivity index (χ3v) is 10.3. The number of imidazole rings is 2. The van der Waals surface area contributed by atoms with Crippen LogP contribution in [0.15, 0.2) is 97.8 Å². The second-order valence-electron chi connectivity index (χ2n) is 13.9. The van der Waals surface area contributed by atoms with Crippen molar-refractivity contribution in [3.05, 3.63) is 121 Å². The van der Waals surface area contributed by atoms with Gasteiger partial charge in [0.15, 0.2) is 0 Å². The highest BCUT2D eigenvalue weighted by atomic mass is 16.4. The van der Waals surface area contributed by atoms with Gasteiger partial charge >= 0.3 is 12.2 Å². The fourth-order valence-electron chi connectivity index (χ4n) is 7.55. The van der Waals surface area contributed by atoms with Crippen molar-refractivity contribution in [2.45, 2.75) is 49.9 Å². The predicted octanol–water partition coefficient (Wildman–Crippen LogP) is 5.06. The number of likely N-dealkylation sites (tertiary alicyclic amines) is 2. The van der Waals surface area contributed by atoms with Crippen molar-refractivity contribution < 1.29 is 29.4 Å². The second-order valence-corrected chi connectivity index (χ2v) is 13.9. The number of benzene rings is 2. The number of carbonyl (C=O) groups excluding carboxylic acids is 2. The summed E-state index contributed by atoms with van der Waals surface area (Å²) in [7, 11) is 0. The third-order valence-electron chi connectivity index (χ3n) is 10.3. The molecule has 4 amide bonds. The zero-order chi connectivity index (χ0) is 40.2. The fraction of sp³-hybridized carbons (Fsp3) is 0.250. The Balaban J connectivity index is 0.929. The van der Waals surface area contributed by atoms with E-state index in [4.69, 9.17) is 0 Å². The summed E-state index contributed by atoms with van der Waals surface area (Å²) in [6.07, 6.45) is 9.82. The smallest absolute Gasteiger partial charge is 0.405 e. The Morgan fingerprint density at radius 3 is 1.29 bits per heavy atom. The molecular weight excluding hydrogens is 745 g/mol. The number of aromatic nitrogens is 8. The van der Waals surface area contributed by atoms with E-state index in [0.717, 1.165) is 12.8 Å².